The number of hydrogen-bond acceptors (Lipinski definition) is 35. The zero-order valence-corrected chi connectivity index (χ0v) is 68.8. The number of unbranched alkanes of at least 4 members (excludes halogenated alkanes) is 2. The van der Waals surface area contributed by atoms with E-state index < -0.39 is 164 Å². The molecule has 6 unspecified atom stereocenters. The second kappa shape index (κ2) is 54.1. The van der Waals surface area contributed by atoms with Crippen molar-refractivity contribution in [1.82, 2.24) is 30.1 Å². The fraction of sp³-hybridized carbons (Fsp3) is 0.735. The van der Waals surface area contributed by atoms with Gasteiger partial charge in [0, 0.05) is 39.1 Å². The Morgan fingerprint density at radius 2 is 1.14 bits per heavy atom. The van der Waals surface area contributed by atoms with Crippen LogP contribution < -0.4 is 158 Å². The number of amides is 4. The summed E-state index contributed by atoms with van der Waals surface area (Å²) in [5.74, 6) is -4.53. The fourth-order valence-electron chi connectivity index (χ4n) is 9.47. The van der Waals surface area contributed by atoms with E-state index in [9.17, 15) is 59.7 Å². The summed E-state index contributed by atoms with van der Waals surface area (Å²) in [6.07, 6.45) is -15.0. The van der Waals surface area contributed by atoms with Gasteiger partial charge in [0.25, 0.3) is 0 Å². The molecule has 5 fully saturated rings. The van der Waals surface area contributed by atoms with Crippen LogP contribution in [0.25, 0.3) is 11.5 Å². The summed E-state index contributed by atoms with van der Waals surface area (Å²) >= 11 is 0. The van der Waals surface area contributed by atoms with Gasteiger partial charge in [-0.1, -0.05) is 29.4 Å². The molecule has 5 aliphatic rings. The number of aliphatic carboxylic acids is 1. The second-order valence-electron chi connectivity index (χ2n) is 20.6. The van der Waals surface area contributed by atoms with Gasteiger partial charge in [0.15, 0.2) is 6.29 Å². The van der Waals surface area contributed by atoms with Crippen LogP contribution in [0.3, 0.4) is 0 Å². The van der Waals surface area contributed by atoms with Crippen LogP contribution in [0.4, 0.5) is 0 Å². The average Bonchev–Trinajstić information content (AvgIpc) is 1.63. The normalized spacial score (nSPS) is 28.6. The van der Waals surface area contributed by atoms with E-state index in [2.05, 4.69) is 42.6 Å². The SMILES string of the molecule is C=C[C@@H]1O[C@H](C=C)[C@@H]2C(=O)N(CCCCCN(Cc3cn(CCOCCO[C@@H]4OC(C(=O)[O-])[C@@H](O[C@H]5OC([CH2-])[C@@H](O)[C@H](O)C5[NH-])[C@H](O)C4O)nn3)C(=O)CCC(=O)NCCOCCCO[C@H]3OC([CH2-])[C@@H](O)[C@H](O)C3[NH-])C(=O)[C@@H]21.O=S(=O)([O-])O.O=S(=O)([O-])O.O=S(=O)=O.O=S(=O)=O.[Na+].[Na+].[Na+].[Na+].[Na+]. The number of imide groups is 1. The van der Waals surface area contributed by atoms with Crippen LogP contribution in [0, 0.1) is 25.7 Å². The molecular weight excluding hydrogens is 1500 g/mol. The number of nitrogens with one attached hydrogen (secondary N) is 3. The standard InChI is InChI=1S/C49H74N8O21.5Na.2H2O4S.2O3S/c1-5-28-32-33(29(6-2)76-28)45(67)57(44(32)66)15-9-7-8-14-55(31(59)12-11-30(58)52-13-19-70-17-10-18-72-47-34(50)38(62)36(60)25(3)74-47)23-27-24-56(54-53-27)16-20-71-21-22-73-49-41(65)40(64)42(43(78-49)46(68)69)77-48-35(51)39(63)37(61)26(4)75-48;;;;;;2*1-5(2,3)4;2*1-4(2)3/h5-6,24-26,28-29,32-43,47-51,60-65H,1-4,7-23H2,(H,52,58)(H,68,69);;;;;;2*(H2,1,2,3,4);;/q-4;5*+1;;;;/p-3/t25?,26?,28-,29+,32+,33-,34?,35?,36-,37-,38-,39-,40-,41?,42+,43?,47+,48-,49-;;;;;;;;;/m1........./s1. The van der Waals surface area contributed by atoms with Crippen LogP contribution in [-0.4, -0.2) is 309 Å². The molecule has 6 heterocycles. The molecular formula is C49H75N8Na5O35S4-2. The molecule has 6 rings (SSSR count). The van der Waals surface area contributed by atoms with Gasteiger partial charge in [-0.2, -0.15) is 0 Å². The zero-order valence-electron chi connectivity index (χ0n) is 55.5. The Kier molecular flexibility index (Phi) is 57.3. The Balaban J connectivity index is -0.00000182. The minimum atomic E-state index is -4.92. The summed E-state index contributed by atoms with van der Waals surface area (Å²) in [4.78, 5) is 67.8. The van der Waals surface area contributed by atoms with Crippen LogP contribution in [0.1, 0.15) is 44.2 Å². The van der Waals surface area contributed by atoms with E-state index in [0.29, 0.717) is 31.4 Å². The molecule has 0 bridgehead atoms. The minimum Gasteiger partial charge on any atom is -0.726 e. The van der Waals surface area contributed by atoms with E-state index in [4.69, 9.17) is 114 Å². The van der Waals surface area contributed by atoms with Gasteiger partial charge in [-0.15, -0.1) is 43.5 Å². The van der Waals surface area contributed by atoms with Crippen molar-refractivity contribution >= 4 is 71.6 Å². The number of rotatable bonds is 31. The largest absolute Gasteiger partial charge is 1.00 e. The molecule has 52 heteroatoms. The quantitative estimate of drug-likeness (QED) is 0.00634. The Hall–Kier alpha value is -0.530. The number of hydrogen-bond donors (Lipinski definition) is 9. The summed E-state index contributed by atoms with van der Waals surface area (Å²) in [6.45, 7) is 15.7. The van der Waals surface area contributed by atoms with Crippen molar-refractivity contribution in [3.05, 3.63) is 62.5 Å². The van der Waals surface area contributed by atoms with Gasteiger partial charge in [-0.05, 0) is 37.9 Å². The van der Waals surface area contributed by atoms with Crippen molar-refractivity contribution in [2.24, 2.45) is 11.8 Å². The zero-order chi connectivity index (χ0) is 72.9. The van der Waals surface area contributed by atoms with Crippen LogP contribution in [0.2, 0.25) is 0 Å². The molecule has 552 valence electrons. The molecule has 5 saturated heterocycles. The number of likely N-dealkylation sites (tertiary alicyclic amines) is 1. The first kappa shape index (κ1) is 107. The molecule has 43 nitrogen and oxygen atoms in total. The average molecular weight is 1580 g/mol. The molecule has 5 aliphatic heterocycles. The predicted molar refractivity (Wildman–Crippen MR) is 305 cm³/mol. The molecule has 0 spiro atoms. The molecule has 0 radical (unpaired) electrons. The smallest absolute Gasteiger partial charge is 0.726 e. The van der Waals surface area contributed by atoms with Crippen molar-refractivity contribution in [3.8, 4) is 0 Å². The Labute approximate surface area is 693 Å². The number of carboxylic acids is 1. The first-order chi connectivity index (χ1) is 44.7. The molecule has 19 atom stereocenters. The maximum absolute atomic E-state index is 13.7. The molecule has 0 aliphatic carbocycles. The first-order valence-electron chi connectivity index (χ1n) is 28.2. The Morgan fingerprint density at radius 1 is 0.653 bits per heavy atom. The van der Waals surface area contributed by atoms with Crippen molar-refractivity contribution in [2.45, 2.75) is 156 Å². The fourth-order valence-corrected chi connectivity index (χ4v) is 9.47. The predicted octanol–water partition coefficient (Wildman–Crippen LogP) is -23.1. The number of aromatic nitrogens is 3. The number of carbonyl (C=O) groups is 5. The van der Waals surface area contributed by atoms with Gasteiger partial charge in [0.05, 0.1) is 107 Å². The number of carboxylic acid groups (broad SMARTS) is 1. The summed E-state index contributed by atoms with van der Waals surface area (Å²) in [5.41, 5.74) is 16.5. The third kappa shape index (κ3) is 40.1. The molecule has 1 aromatic heterocycles. The van der Waals surface area contributed by atoms with Crippen LogP contribution in [0.15, 0.2) is 31.5 Å². The molecule has 4 amide bonds. The Morgan fingerprint density at radius 3 is 1.64 bits per heavy atom. The van der Waals surface area contributed by atoms with E-state index in [0.717, 1.165) is 0 Å². The maximum atomic E-state index is 13.7. The van der Waals surface area contributed by atoms with E-state index in [1.165, 1.54) is 21.7 Å². The van der Waals surface area contributed by atoms with Gasteiger partial charge in [-0.3, -0.25) is 33.2 Å². The molecule has 11 N–H and O–H groups in total. The van der Waals surface area contributed by atoms with Crippen molar-refractivity contribution in [3.63, 3.8) is 0 Å². The number of fused-ring (bicyclic) bond motifs is 1. The third-order valence-corrected chi connectivity index (χ3v) is 13.9. The minimum absolute atomic E-state index is 0. The van der Waals surface area contributed by atoms with Gasteiger partial charge in [0.1, 0.15) is 42.7 Å². The van der Waals surface area contributed by atoms with Crippen molar-refractivity contribution < 1.29 is 310 Å². The van der Waals surface area contributed by atoms with Gasteiger partial charge < -0.3 is 128 Å². The summed E-state index contributed by atoms with van der Waals surface area (Å²) in [7, 11) is -16.1. The first-order valence-corrected chi connectivity index (χ1v) is 32.9. The maximum Gasteiger partial charge on any atom is 1.00 e. The van der Waals surface area contributed by atoms with Crippen molar-refractivity contribution in [2.75, 3.05) is 59.3 Å². The van der Waals surface area contributed by atoms with E-state index in [1.54, 1.807) is 11.1 Å². The topological polar surface area (TPSA) is 667 Å². The summed E-state index contributed by atoms with van der Waals surface area (Å²) < 4.78 is 167. The van der Waals surface area contributed by atoms with Gasteiger partial charge >= 0.3 is 169 Å². The number of nitrogens with zero attached hydrogens (tertiary/aromatic N) is 5. The molecule has 0 saturated carbocycles. The van der Waals surface area contributed by atoms with Crippen molar-refractivity contribution in [1.29, 1.82) is 0 Å². The van der Waals surface area contributed by atoms with Gasteiger partial charge in [-0.25, -0.2) is 21.5 Å². The molecule has 101 heavy (non-hydrogen) atoms. The molecule has 1 aromatic rings. The number of carbonyl (C=O) groups excluding carboxylic acids is 5. The monoisotopic (exact) mass is 1580 g/mol. The number of aliphatic hydroxyl groups excluding tert-OH is 6. The van der Waals surface area contributed by atoms with E-state index in [1.807, 2.05) is 0 Å². The summed E-state index contributed by atoms with van der Waals surface area (Å²) in [6, 6.07) is -2.83. The van der Waals surface area contributed by atoms with Crippen LogP contribution >= 0.6 is 0 Å². The third-order valence-electron chi connectivity index (χ3n) is 13.9. The molecule has 0 aromatic carbocycles. The number of ether oxygens (including phenoxy) is 9. The Bertz CT molecular complexity index is 3030. The van der Waals surface area contributed by atoms with E-state index >= 15 is 0 Å². The van der Waals surface area contributed by atoms with Crippen LogP contribution in [0.5, 0.6) is 0 Å². The van der Waals surface area contributed by atoms with E-state index in [-0.39, 0.29) is 257 Å². The summed E-state index contributed by atoms with van der Waals surface area (Å²) in [5, 5.41) is 84.4. The van der Waals surface area contributed by atoms with Crippen LogP contribution in [-0.2, 0) is 122 Å². The van der Waals surface area contributed by atoms with Gasteiger partial charge in [0.2, 0.25) is 44.4 Å². The number of aliphatic hydroxyl groups is 6. The second-order valence-corrected chi connectivity index (χ2v) is 23.2.